The van der Waals surface area contributed by atoms with E-state index in [-0.39, 0.29) is 5.91 Å². The molecule has 2 aromatic carbocycles. The van der Waals surface area contributed by atoms with Crippen molar-refractivity contribution in [3.63, 3.8) is 0 Å². The quantitative estimate of drug-likeness (QED) is 0.803. The van der Waals surface area contributed by atoms with Crippen LogP contribution in [0.25, 0.3) is 0 Å². The summed E-state index contributed by atoms with van der Waals surface area (Å²) in [6.45, 7) is 7.65. The van der Waals surface area contributed by atoms with Gasteiger partial charge in [-0.05, 0) is 36.1 Å². The molecular weight excluding hydrogens is 284 g/mol. The molecule has 0 radical (unpaired) electrons. The van der Waals surface area contributed by atoms with Gasteiger partial charge in [0.1, 0.15) is 0 Å². The molecule has 3 heteroatoms. The Morgan fingerprint density at radius 3 is 2.26 bits per heavy atom. The average Bonchev–Trinajstić information content (AvgIpc) is 2.55. The lowest BCUT2D eigenvalue weighted by Gasteiger charge is -2.10. The highest BCUT2D eigenvalue weighted by Gasteiger charge is 2.02. The van der Waals surface area contributed by atoms with E-state index in [4.69, 9.17) is 0 Å². The molecule has 0 aromatic heterocycles. The highest BCUT2D eigenvalue weighted by atomic mass is 16.1. The Bertz CT molecular complexity index is 615. The fraction of sp³-hybridized carbons (Fsp3) is 0.350. The Morgan fingerprint density at radius 2 is 1.65 bits per heavy atom. The number of hydrogen-bond donors (Lipinski definition) is 2. The molecule has 0 spiro atoms. The first kappa shape index (κ1) is 17.1. The van der Waals surface area contributed by atoms with E-state index < -0.39 is 0 Å². The van der Waals surface area contributed by atoms with Gasteiger partial charge in [-0.15, -0.1) is 0 Å². The molecule has 1 amide bonds. The minimum absolute atomic E-state index is 0.0666. The standard InChI is InChI=1S/C20H26N2O/c1-15(2)18-8-10-19(11-9-18)21-13-12-20(23)22-14-17-6-4-16(3)5-7-17/h4-11,15,21H,12-14H2,1-3H3,(H,22,23). The molecule has 122 valence electrons. The van der Waals surface area contributed by atoms with Crippen LogP contribution in [-0.4, -0.2) is 12.5 Å². The number of rotatable bonds is 7. The van der Waals surface area contributed by atoms with Crippen molar-refractivity contribution < 1.29 is 4.79 Å². The Morgan fingerprint density at radius 1 is 1.00 bits per heavy atom. The Hall–Kier alpha value is -2.29. The summed E-state index contributed by atoms with van der Waals surface area (Å²) in [5, 5.41) is 6.24. The molecular formula is C20H26N2O. The smallest absolute Gasteiger partial charge is 0.222 e. The van der Waals surface area contributed by atoms with E-state index in [1.807, 2.05) is 12.1 Å². The number of carbonyl (C=O) groups is 1. The fourth-order valence-electron chi connectivity index (χ4n) is 2.30. The van der Waals surface area contributed by atoms with Crippen LogP contribution in [0.4, 0.5) is 5.69 Å². The topological polar surface area (TPSA) is 41.1 Å². The maximum atomic E-state index is 11.9. The van der Waals surface area contributed by atoms with Gasteiger partial charge >= 0.3 is 0 Å². The van der Waals surface area contributed by atoms with Crippen molar-refractivity contribution in [2.24, 2.45) is 0 Å². The van der Waals surface area contributed by atoms with Crippen molar-refractivity contribution in [2.75, 3.05) is 11.9 Å². The Balaban J connectivity index is 1.69. The highest BCUT2D eigenvalue weighted by Crippen LogP contribution is 2.16. The van der Waals surface area contributed by atoms with Gasteiger partial charge in [0.25, 0.3) is 0 Å². The van der Waals surface area contributed by atoms with E-state index in [0.29, 0.717) is 25.4 Å². The van der Waals surface area contributed by atoms with Crippen LogP contribution >= 0.6 is 0 Å². The van der Waals surface area contributed by atoms with Gasteiger partial charge < -0.3 is 10.6 Å². The van der Waals surface area contributed by atoms with Gasteiger partial charge in [0.2, 0.25) is 5.91 Å². The SMILES string of the molecule is Cc1ccc(CNC(=O)CCNc2ccc(C(C)C)cc2)cc1. The predicted molar refractivity (Wildman–Crippen MR) is 96.7 cm³/mol. The van der Waals surface area contributed by atoms with Crippen LogP contribution in [0.3, 0.4) is 0 Å². The Kier molecular flexibility index (Phi) is 6.21. The van der Waals surface area contributed by atoms with Crippen LogP contribution in [0.15, 0.2) is 48.5 Å². The van der Waals surface area contributed by atoms with E-state index in [1.165, 1.54) is 11.1 Å². The summed E-state index contributed by atoms with van der Waals surface area (Å²) >= 11 is 0. The van der Waals surface area contributed by atoms with E-state index in [0.717, 1.165) is 11.3 Å². The largest absolute Gasteiger partial charge is 0.385 e. The molecule has 0 atom stereocenters. The molecule has 2 N–H and O–H groups in total. The van der Waals surface area contributed by atoms with Gasteiger partial charge in [0.05, 0.1) is 0 Å². The zero-order valence-corrected chi connectivity index (χ0v) is 14.2. The first-order valence-electron chi connectivity index (χ1n) is 8.20. The van der Waals surface area contributed by atoms with Crippen molar-refractivity contribution in [1.29, 1.82) is 0 Å². The highest BCUT2D eigenvalue weighted by molar-refractivity contribution is 5.76. The zero-order valence-electron chi connectivity index (χ0n) is 14.2. The van der Waals surface area contributed by atoms with Crippen LogP contribution in [0.5, 0.6) is 0 Å². The summed E-state index contributed by atoms with van der Waals surface area (Å²) < 4.78 is 0. The summed E-state index contributed by atoms with van der Waals surface area (Å²) in [4.78, 5) is 11.9. The molecule has 3 nitrogen and oxygen atoms in total. The third-order valence-corrected chi connectivity index (χ3v) is 3.87. The number of benzene rings is 2. The predicted octanol–water partition coefficient (Wildman–Crippen LogP) is 4.24. The van der Waals surface area contributed by atoms with Gasteiger partial charge in [-0.25, -0.2) is 0 Å². The summed E-state index contributed by atoms with van der Waals surface area (Å²) in [5.74, 6) is 0.605. The number of hydrogen-bond acceptors (Lipinski definition) is 2. The minimum Gasteiger partial charge on any atom is -0.385 e. The molecule has 0 heterocycles. The maximum absolute atomic E-state index is 11.9. The summed E-state index contributed by atoms with van der Waals surface area (Å²) in [7, 11) is 0. The molecule has 0 unspecified atom stereocenters. The van der Waals surface area contributed by atoms with Gasteiger partial charge in [-0.3, -0.25) is 4.79 Å². The summed E-state index contributed by atoms with van der Waals surface area (Å²) in [5.41, 5.74) is 4.74. The Labute approximate surface area is 139 Å². The third kappa shape index (κ3) is 5.78. The van der Waals surface area contributed by atoms with E-state index in [2.05, 4.69) is 67.8 Å². The molecule has 0 saturated heterocycles. The summed E-state index contributed by atoms with van der Waals surface area (Å²) in [6, 6.07) is 16.6. The monoisotopic (exact) mass is 310 g/mol. The van der Waals surface area contributed by atoms with Crippen LogP contribution in [0, 0.1) is 6.92 Å². The van der Waals surface area contributed by atoms with E-state index in [1.54, 1.807) is 0 Å². The first-order valence-corrected chi connectivity index (χ1v) is 8.20. The van der Waals surface area contributed by atoms with Gasteiger partial charge in [0, 0.05) is 25.2 Å². The molecule has 0 aliphatic carbocycles. The van der Waals surface area contributed by atoms with Crippen molar-refractivity contribution in [1.82, 2.24) is 5.32 Å². The number of anilines is 1. The van der Waals surface area contributed by atoms with Gasteiger partial charge in [-0.1, -0.05) is 55.8 Å². The van der Waals surface area contributed by atoms with Crippen LogP contribution < -0.4 is 10.6 Å². The van der Waals surface area contributed by atoms with Crippen LogP contribution in [0.2, 0.25) is 0 Å². The number of amides is 1. The fourth-order valence-corrected chi connectivity index (χ4v) is 2.30. The molecule has 23 heavy (non-hydrogen) atoms. The lowest BCUT2D eigenvalue weighted by atomic mass is 10.0. The second-order valence-electron chi connectivity index (χ2n) is 6.22. The first-order chi connectivity index (χ1) is 11.0. The molecule has 0 bridgehead atoms. The average molecular weight is 310 g/mol. The molecule has 0 fully saturated rings. The summed E-state index contributed by atoms with van der Waals surface area (Å²) in [6.07, 6.45) is 0.470. The van der Waals surface area contributed by atoms with Crippen molar-refractivity contribution in [2.45, 2.75) is 39.7 Å². The minimum atomic E-state index is 0.0666. The molecule has 0 saturated carbocycles. The van der Waals surface area contributed by atoms with Gasteiger partial charge in [-0.2, -0.15) is 0 Å². The number of carbonyl (C=O) groups excluding carboxylic acids is 1. The molecule has 0 aliphatic heterocycles. The molecule has 2 aromatic rings. The normalized spacial score (nSPS) is 10.6. The molecule has 0 aliphatic rings. The van der Waals surface area contributed by atoms with Crippen LogP contribution in [-0.2, 0) is 11.3 Å². The van der Waals surface area contributed by atoms with E-state index in [9.17, 15) is 4.79 Å². The third-order valence-electron chi connectivity index (χ3n) is 3.87. The lowest BCUT2D eigenvalue weighted by molar-refractivity contribution is -0.121. The number of aryl methyl sites for hydroxylation is 1. The second kappa shape index (κ2) is 8.37. The van der Waals surface area contributed by atoms with Crippen molar-refractivity contribution >= 4 is 11.6 Å². The zero-order chi connectivity index (χ0) is 16.7. The van der Waals surface area contributed by atoms with Crippen LogP contribution in [0.1, 0.15) is 42.9 Å². The number of nitrogens with one attached hydrogen (secondary N) is 2. The van der Waals surface area contributed by atoms with E-state index >= 15 is 0 Å². The van der Waals surface area contributed by atoms with Crippen molar-refractivity contribution in [3.8, 4) is 0 Å². The maximum Gasteiger partial charge on any atom is 0.222 e. The van der Waals surface area contributed by atoms with Crippen molar-refractivity contribution in [3.05, 3.63) is 65.2 Å². The second-order valence-corrected chi connectivity index (χ2v) is 6.22. The van der Waals surface area contributed by atoms with Gasteiger partial charge in [0.15, 0.2) is 0 Å². The molecule has 2 rings (SSSR count). The lowest BCUT2D eigenvalue weighted by Crippen LogP contribution is -2.24.